The highest BCUT2D eigenvalue weighted by molar-refractivity contribution is 9.11. The second kappa shape index (κ2) is 11.6. The van der Waals surface area contributed by atoms with Crippen molar-refractivity contribution in [1.82, 2.24) is 5.32 Å². The van der Waals surface area contributed by atoms with Crippen molar-refractivity contribution in [3.05, 3.63) is 87.2 Å². The molecule has 0 fully saturated rings. The van der Waals surface area contributed by atoms with Gasteiger partial charge < -0.3 is 10.1 Å². The average molecular weight is 707 g/mol. The molecular weight excluding hydrogens is 692 g/mol. The monoisotopic (exact) mass is 703 g/mol. The maximum absolute atomic E-state index is 12.5. The normalized spacial score (nSPS) is 12.5. The molecule has 4 rings (SSSR count). The van der Waals surface area contributed by atoms with E-state index in [1.165, 1.54) is 24.3 Å². The van der Waals surface area contributed by atoms with Gasteiger partial charge in [-0.3, -0.25) is 25.0 Å². The SMILES string of the molecule is O=C(NC(=O)c1c(Cl)cccc1Cl)Nc1cc(Br)c(Oc2c(Cl)cc([N+](=O)[O-])c3c2CCCC3=O)c(Br)c1. The number of nitrogens with zero attached hydrogens (tertiary/aromatic N) is 1. The summed E-state index contributed by atoms with van der Waals surface area (Å²) < 4.78 is 6.79. The Balaban J connectivity index is 1.58. The number of rotatable bonds is 5. The lowest BCUT2D eigenvalue weighted by Gasteiger charge is -2.21. The van der Waals surface area contributed by atoms with Crippen molar-refractivity contribution >= 4 is 95.8 Å². The Morgan fingerprint density at radius 1 is 0.974 bits per heavy atom. The highest BCUT2D eigenvalue weighted by atomic mass is 79.9. The summed E-state index contributed by atoms with van der Waals surface area (Å²) in [5.41, 5.74) is 0.222. The zero-order valence-corrected chi connectivity index (χ0v) is 24.3. The Labute approximate surface area is 247 Å². The van der Waals surface area contributed by atoms with E-state index >= 15 is 0 Å². The van der Waals surface area contributed by atoms with E-state index in [1.807, 2.05) is 0 Å². The predicted octanol–water partition coefficient (Wildman–Crippen LogP) is 8.35. The molecule has 0 radical (unpaired) electrons. The second-order valence-corrected chi connectivity index (χ2v) is 10.9. The first-order valence-electron chi connectivity index (χ1n) is 10.7. The van der Waals surface area contributed by atoms with Crippen molar-refractivity contribution in [1.29, 1.82) is 0 Å². The number of hydrogen-bond acceptors (Lipinski definition) is 6. The maximum atomic E-state index is 12.5. The van der Waals surface area contributed by atoms with Crippen molar-refractivity contribution in [2.45, 2.75) is 19.3 Å². The lowest BCUT2D eigenvalue weighted by atomic mass is 9.88. The molecule has 1 aliphatic rings. The van der Waals surface area contributed by atoms with Crippen LogP contribution in [0.25, 0.3) is 0 Å². The number of halogens is 5. The van der Waals surface area contributed by atoms with Gasteiger partial charge in [-0.2, -0.15) is 0 Å². The number of anilines is 1. The molecule has 38 heavy (non-hydrogen) atoms. The number of ketones is 1. The van der Waals surface area contributed by atoms with Crippen molar-refractivity contribution in [3.8, 4) is 11.5 Å². The third kappa shape index (κ3) is 5.81. The Morgan fingerprint density at radius 2 is 1.61 bits per heavy atom. The molecule has 0 spiro atoms. The summed E-state index contributed by atoms with van der Waals surface area (Å²) in [7, 11) is 0. The number of amides is 3. The van der Waals surface area contributed by atoms with Crippen molar-refractivity contribution in [2.75, 3.05) is 5.32 Å². The zero-order valence-electron chi connectivity index (χ0n) is 18.9. The molecule has 0 aromatic heterocycles. The molecule has 0 saturated heterocycles. The van der Waals surface area contributed by atoms with Crippen LogP contribution in [0.1, 0.15) is 39.1 Å². The van der Waals surface area contributed by atoms with E-state index in [0.29, 0.717) is 27.4 Å². The Bertz CT molecular complexity index is 1490. The van der Waals surface area contributed by atoms with Crippen LogP contribution in [0.3, 0.4) is 0 Å². The molecular formula is C24H14Br2Cl3N3O6. The number of urea groups is 1. The molecule has 2 N–H and O–H groups in total. The third-order valence-electron chi connectivity index (χ3n) is 5.50. The van der Waals surface area contributed by atoms with Crippen LogP contribution in [0.2, 0.25) is 15.1 Å². The Kier molecular flexibility index (Phi) is 8.63. The number of fused-ring (bicyclic) bond motifs is 1. The largest absolute Gasteiger partial charge is 0.453 e. The molecule has 3 aromatic carbocycles. The molecule has 0 heterocycles. The topological polar surface area (TPSA) is 128 Å². The van der Waals surface area contributed by atoms with Gasteiger partial charge in [-0.15, -0.1) is 0 Å². The van der Waals surface area contributed by atoms with E-state index in [-0.39, 0.29) is 61.3 Å². The van der Waals surface area contributed by atoms with E-state index in [1.54, 1.807) is 6.07 Å². The van der Waals surface area contributed by atoms with E-state index in [9.17, 15) is 24.5 Å². The fraction of sp³-hybridized carbons (Fsp3) is 0.125. The summed E-state index contributed by atoms with van der Waals surface area (Å²) in [6.07, 6.45) is 1.06. The summed E-state index contributed by atoms with van der Waals surface area (Å²) in [5, 5.41) is 16.3. The standard InChI is InChI=1S/C24H14Br2Cl3N3O6/c25-12-7-10(30-24(35)31-23(34)20-14(27)4-2-5-15(20)28)8-13(26)22(12)38-21-11-3-1-6-18(33)19(11)17(32(36)37)9-16(21)29/h2,4-5,7-9H,1,3,6H2,(H2,30,31,34,35). The summed E-state index contributed by atoms with van der Waals surface area (Å²) >= 11 is 25.1. The van der Waals surface area contributed by atoms with Crippen LogP contribution in [0, 0.1) is 10.1 Å². The number of hydrogen-bond donors (Lipinski definition) is 2. The molecule has 9 nitrogen and oxygen atoms in total. The van der Waals surface area contributed by atoms with E-state index < -0.39 is 16.9 Å². The lowest BCUT2D eigenvalue weighted by molar-refractivity contribution is -0.385. The number of Topliss-reactive ketones (excluding diaryl/α,β-unsaturated/α-hetero) is 1. The molecule has 3 aromatic rings. The van der Waals surface area contributed by atoms with Crippen LogP contribution in [0.4, 0.5) is 16.2 Å². The minimum Gasteiger partial charge on any atom is -0.453 e. The van der Waals surface area contributed by atoms with Gasteiger partial charge in [-0.05, 0) is 69.0 Å². The van der Waals surface area contributed by atoms with Crippen LogP contribution in [-0.4, -0.2) is 22.6 Å². The average Bonchev–Trinajstić information content (AvgIpc) is 2.82. The van der Waals surface area contributed by atoms with Crippen LogP contribution in [0.15, 0.2) is 45.3 Å². The van der Waals surface area contributed by atoms with E-state index in [0.717, 1.165) is 6.07 Å². The van der Waals surface area contributed by atoms with Gasteiger partial charge in [-0.25, -0.2) is 4.79 Å². The number of nitro groups is 1. The lowest BCUT2D eigenvalue weighted by Crippen LogP contribution is -2.34. The molecule has 0 atom stereocenters. The van der Waals surface area contributed by atoms with Crippen molar-refractivity contribution in [3.63, 3.8) is 0 Å². The van der Waals surface area contributed by atoms with Crippen LogP contribution < -0.4 is 15.4 Å². The highest BCUT2D eigenvalue weighted by Gasteiger charge is 2.32. The summed E-state index contributed by atoms with van der Waals surface area (Å²) in [6.45, 7) is 0. The number of carbonyl (C=O) groups excluding carboxylic acids is 3. The van der Waals surface area contributed by atoms with Gasteiger partial charge in [0.25, 0.3) is 11.6 Å². The number of nitrogens with one attached hydrogen (secondary N) is 2. The second-order valence-electron chi connectivity index (χ2n) is 7.97. The van der Waals surface area contributed by atoms with E-state index in [4.69, 9.17) is 39.5 Å². The molecule has 196 valence electrons. The van der Waals surface area contributed by atoms with E-state index in [2.05, 4.69) is 42.5 Å². The fourth-order valence-electron chi connectivity index (χ4n) is 3.90. The quantitative estimate of drug-likeness (QED) is 0.203. The number of ether oxygens (including phenoxy) is 1. The fourth-order valence-corrected chi connectivity index (χ4v) is 6.07. The Hall–Kier alpha value is -2.70. The molecule has 3 amide bonds. The third-order valence-corrected chi connectivity index (χ3v) is 7.58. The number of imide groups is 1. The maximum Gasteiger partial charge on any atom is 0.326 e. The minimum atomic E-state index is -0.843. The minimum absolute atomic E-state index is 0.00820. The molecule has 0 unspecified atom stereocenters. The van der Waals surface area contributed by atoms with Gasteiger partial charge in [0.1, 0.15) is 5.56 Å². The molecule has 0 saturated carbocycles. The number of nitro benzene ring substituents is 1. The first kappa shape index (κ1) is 28.3. The first-order chi connectivity index (χ1) is 18.0. The zero-order chi connectivity index (χ0) is 27.7. The van der Waals surface area contributed by atoms with Crippen LogP contribution in [-0.2, 0) is 6.42 Å². The van der Waals surface area contributed by atoms with Gasteiger partial charge in [0.2, 0.25) is 0 Å². The summed E-state index contributed by atoms with van der Waals surface area (Å²) in [6, 6.07) is 7.77. The van der Waals surface area contributed by atoms with Gasteiger partial charge in [0, 0.05) is 23.7 Å². The molecule has 0 bridgehead atoms. The van der Waals surface area contributed by atoms with Gasteiger partial charge >= 0.3 is 6.03 Å². The number of carbonyl (C=O) groups is 3. The predicted molar refractivity (Wildman–Crippen MR) is 150 cm³/mol. The summed E-state index contributed by atoms with van der Waals surface area (Å²) in [5.74, 6) is -0.771. The molecule has 14 heteroatoms. The van der Waals surface area contributed by atoms with Crippen LogP contribution in [0.5, 0.6) is 11.5 Å². The first-order valence-corrected chi connectivity index (χ1v) is 13.5. The van der Waals surface area contributed by atoms with Gasteiger partial charge in [0.05, 0.1) is 34.5 Å². The van der Waals surface area contributed by atoms with Crippen molar-refractivity contribution in [2.24, 2.45) is 0 Å². The van der Waals surface area contributed by atoms with Gasteiger partial charge in [0.15, 0.2) is 17.3 Å². The summed E-state index contributed by atoms with van der Waals surface area (Å²) in [4.78, 5) is 48.3. The van der Waals surface area contributed by atoms with Crippen molar-refractivity contribution < 1.29 is 24.0 Å². The molecule has 0 aliphatic heterocycles. The molecule has 1 aliphatic carbocycles. The van der Waals surface area contributed by atoms with Gasteiger partial charge in [-0.1, -0.05) is 40.9 Å². The highest BCUT2D eigenvalue weighted by Crippen LogP contribution is 2.46. The Morgan fingerprint density at radius 3 is 2.21 bits per heavy atom. The van der Waals surface area contributed by atoms with Crippen LogP contribution >= 0.6 is 66.7 Å². The smallest absolute Gasteiger partial charge is 0.326 e. The number of benzene rings is 3.